The van der Waals surface area contributed by atoms with Gasteiger partial charge in [0.2, 0.25) is 0 Å². The SMILES string of the molecule is CC1(C(O)C2CCOC3(CCOCC3)C2)CCCS1. The molecule has 0 aromatic carbocycles. The average molecular weight is 286 g/mol. The molecule has 3 nitrogen and oxygen atoms in total. The summed E-state index contributed by atoms with van der Waals surface area (Å²) in [4.78, 5) is 0. The summed E-state index contributed by atoms with van der Waals surface area (Å²) in [5.74, 6) is 1.61. The lowest BCUT2D eigenvalue weighted by Gasteiger charge is -2.46. The lowest BCUT2D eigenvalue weighted by Crippen LogP contribution is -2.50. The smallest absolute Gasteiger partial charge is 0.0730 e. The Hall–Kier alpha value is 0.230. The Morgan fingerprint density at radius 1 is 1.21 bits per heavy atom. The van der Waals surface area contributed by atoms with Crippen LogP contribution in [0, 0.1) is 5.92 Å². The molecule has 0 saturated carbocycles. The number of ether oxygens (including phenoxy) is 2. The first-order valence-electron chi connectivity index (χ1n) is 7.67. The highest BCUT2D eigenvalue weighted by molar-refractivity contribution is 8.00. The molecule has 3 aliphatic rings. The van der Waals surface area contributed by atoms with E-state index in [0.29, 0.717) is 5.92 Å². The maximum absolute atomic E-state index is 10.8. The first kappa shape index (κ1) is 14.2. The number of hydrogen-bond donors (Lipinski definition) is 1. The van der Waals surface area contributed by atoms with Crippen LogP contribution >= 0.6 is 11.8 Å². The summed E-state index contributed by atoms with van der Waals surface area (Å²) in [6.07, 6.45) is 6.27. The molecule has 3 fully saturated rings. The lowest BCUT2D eigenvalue weighted by molar-refractivity contribution is -0.160. The molecule has 3 aliphatic heterocycles. The maximum Gasteiger partial charge on any atom is 0.0730 e. The van der Waals surface area contributed by atoms with Gasteiger partial charge in [-0.2, -0.15) is 11.8 Å². The molecule has 0 radical (unpaired) electrons. The van der Waals surface area contributed by atoms with Gasteiger partial charge in [-0.3, -0.25) is 0 Å². The second kappa shape index (κ2) is 5.55. The summed E-state index contributed by atoms with van der Waals surface area (Å²) in [6, 6.07) is 0. The molecule has 3 unspecified atom stereocenters. The molecule has 0 aromatic rings. The van der Waals surface area contributed by atoms with Crippen LogP contribution in [0.2, 0.25) is 0 Å². The third-order valence-corrected chi connectivity index (χ3v) is 6.85. The van der Waals surface area contributed by atoms with Crippen LogP contribution in [0.3, 0.4) is 0 Å². The van der Waals surface area contributed by atoms with Crippen LogP contribution in [0.25, 0.3) is 0 Å². The predicted molar refractivity (Wildman–Crippen MR) is 77.6 cm³/mol. The van der Waals surface area contributed by atoms with Crippen molar-refractivity contribution < 1.29 is 14.6 Å². The Bertz CT molecular complexity index is 303. The Kier molecular flexibility index (Phi) is 4.14. The van der Waals surface area contributed by atoms with Gasteiger partial charge in [-0.1, -0.05) is 0 Å². The van der Waals surface area contributed by atoms with E-state index >= 15 is 0 Å². The Morgan fingerprint density at radius 3 is 2.68 bits per heavy atom. The van der Waals surface area contributed by atoms with Crippen LogP contribution in [0.5, 0.6) is 0 Å². The van der Waals surface area contributed by atoms with Gasteiger partial charge in [-0.05, 0) is 57.1 Å². The number of rotatable bonds is 2. The van der Waals surface area contributed by atoms with Gasteiger partial charge in [-0.25, -0.2) is 0 Å². The first-order chi connectivity index (χ1) is 9.14. The van der Waals surface area contributed by atoms with E-state index in [-0.39, 0.29) is 16.5 Å². The molecular weight excluding hydrogens is 260 g/mol. The van der Waals surface area contributed by atoms with Crippen molar-refractivity contribution in [1.82, 2.24) is 0 Å². The van der Waals surface area contributed by atoms with Crippen molar-refractivity contribution in [2.45, 2.75) is 61.9 Å². The minimum Gasteiger partial charge on any atom is -0.391 e. The summed E-state index contributed by atoms with van der Waals surface area (Å²) in [5, 5.41) is 10.8. The monoisotopic (exact) mass is 286 g/mol. The Labute approximate surface area is 120 Å². The summed E-state index contributed by atoms with van der Waals surface area (Å²) in [7, 11) is 0. The van der Waals surface area contributed by atoms with Crippen LogP contribution in [0.15, 0.2) is 0 Å². The van der Waals surface area contributed by atoms with E-state index in [1.807, 2.05) is 11.8 Å². The van der Waals surface area contributed by atoms with E-state index in [1.165, 1.54) is 12.2 Å². The van der Waals surface area contributed by atoms with Crippen LogP contribution in [-0.4, -0.2) is 47.1 Å². The van der Waals surface area contributed by atoms with Gasteiger partial charge in [0.05, 0.1) is 11.7 Å². The molecule has 3 saturated heterocycles. The number of thioether (sulfide) groups is 1. The molecule has 0 bridgehead atoms. The van der Waals surface area contributed by atoms with Crippen molar-refractivity contribution in [2.24, 2.45) is 5.92 Å². The third-order valence-electron chi connectivity index (χ3n) is 5.26. The predicted octanol–water partition coefficient (Wildman–Crippen LogP) is 2.61. The second-order valence-electron chi connectivity index (χ2n) is 6.61. The third kappa shape index (κ3) is 2.82. The van der Waals surface area contributed by atoms with E-state index < -0.39 is 0 Å². The number of aliphatic hydroxyl groups excluding tert-OH is 1. The summed E-state index contributed by atoms with van der Waals surface area (Å²) in [6.45, 7) is 4.69. The molecule has 3 atom stereocenters. The normalized spacial score (nSPS) is 40.4. The summed E-state index contributed by atoms with van der Waals surface area (Å²) < 4.78 is 11.6. The first-order valence-corrected chi connectivity index (χ1v) is 8.66. The Morgan fingerprint density at radius 2 is 2.00 bits per heavy atom. The zero-order valence-electron chi connectivity index (χ0n) is 11.9. The van der Waals surface area contributed by atoms with E-state index in [4.69, 9.17) is 9.47 Å². The van der Waals surface area contributed by atoms with Gasteiger partial charge in [0.15, 0.2) is 0 Å². The van der Waals surface area contributed by atoms with Crippen molar-refractivity contribution in [3.05, 3.63) is 0 Å². The molecule has 4 heteroatoms. The van der Waals surface area contributed by atoms with E-state index in [1.54, 1.807) is 0 Å². The van der Waals surface area contributed by atoms with E-state index in [9.17, 15) is 5.11 Å². The molecular formula is C15H26O3S. The minimum atomic E-state index is -0.177. The van der Waals surface area contributed by atoms with E-state index in [2.05, 4.69) is 6.92 Å². The summed E-state index contributed by atoms with van der Waals surface area (Å²) in [5.41, 5.74) is 0.00176. The highest BCUT2D eigenvalue weighted by Gasteiger charge is 2.46. The fourth-order valence-electron chi connectivity index (χ4n) is 3.96. The quantitative estimate of drug-likeness (QED) is 0.847. The standard InChI is InChI=1S/C15H26O3S/c1-14(4-2-10-19-14)13(16)12-3-7-18-15(11-12)5-8-17-9-6-15/h12-13,16H,2-11H2,1H3. The molecule has 110 valence electrons. The largest absolute Gasteiger partial charge is 0.391 e. The van der Waals surface area contributed by atoms with Crippen LogP contribution in [0.4, 0.5) is 0 Å². The molecule has 19 heavy (non-hydrogen) atoms. The van der Waals surface area contributed by atoms with Crippen LogP contribution in [0.1, 0.15) is 45.4 Å². The highest BCUT2D eigenvalue weighted by atomic mass is 32.2. The van der Waals surface area contributed by atoms with Gasteiger partial charge in [0, 0.05) is 24.6 Å². The fraction of sp³-hybridized carbons (Fsp3) is 1.00. The number of aliphatic hydroxyl groups is 1. The molecule has 3 rings (SSSR count). The van der Waals surface area contributed by atoms with Crippen molar-refractivity contribution >= 4 is 11.8 Å². The lowest BCUT2D eigenvalue weighted by atomic mass is 9.75. The van der Waals surface area contributed by atoms with Gasteiger partial charge < -0.3 is 14.6 Å². The van der Waals surface area contributed by atoms with Gasteiger partial charge >= 0.3 is 0 Å². The zero-order chi connectivity index (χ0) is 13.3. The van der Waals surface area contributed by atoms with Crippen molar-refractivity contribution in [1.29, 1.82) is 0 Å². The van der Waals surface area contributed by atoms with Gasteiger partial charge in [0.1, 0.15) is 0 Å². The maximum atomic E-state index is 10.8. The summed E-state index contributed by atoms with van der Waals surface area (Å²) >= 11 is 1.97. The topological polar surface area (TPSA) is 38.7 Å². The molecule has 1 spiro atoms. The fourth-order valence-corrected chi connectivity index (χ4v) is 5.37. The number of hydrogen-bond acceptors (Lipinski definition) is 4. The zero-order valence-corrected chi connectivity index (χ0v) is 12.7. The molecule has 0 amide bonds. The van der Waals surface area contributed by atoms with Crippen LogP contribution in [-0.2, 0) is 9.47 Å². The van der Waals surface area contributed by atoms with Crippen molar-refractivity contribution in [3.8, 4) is 0 Å². The van der Waals surface area contributed by atoms with E-state index in [0.717, 1.165) is 51.9 Å². The van der Waals surface area contributed by atoms with Gasteiger partial charge in [0.25, 0.3) is 0 Å². The van der Waals surface area contributed by atoms with Crippen molar-refractivity contribution in [2.75, 3.05) is 25.6 Å². The molecule has 0 aliphatic carbocycles. The van der Waals surface area contributed by atoms with Gasteiger partial charge in [-0.15, -0.1) is 0 Å². The van der Waals surface area contributed by atoms with Crippen LogP contribution < -0.4 is 0 Å². The minimum absolute atomic E-state index is 0.00176. The molecule has 0 aromatic heterocycles. The molecule has 3 heterocycles. The van der Waals surface area contributed by atoms with Crippen molar-refractivity contribution in [3.63, 3.8) is 0 Å². The molecule has 1 N–H and O–H groups in total. The highest BCUT2D eigenvalue weighted by Crippen LogP contribution is 2.47. The Balaban J connectivity index is 1.67. The second-order valence-corrected chi connectivity index (χ2v) is 8.24. The average Bonchev–Trinajstić information content (AvgIpc) is 2.87.